The fourth-order valence-corrected chi connectivity index (χ4v) is 2.92. The summed E-state index contributed by atoms with van der Waals surface area (Å²) < 4.78 is 42.1. The predicted octanol–water partition coefficient (Wildman–Crippen LogP) is 2.89. The summed E-state index contributed by atoms with van der Waals surface area (Å²) >= 11 is 0. The summed E-state index contributed by atoms with van der Waals surface area (Å²) in [5.41, 5.74) is -0.212. The minimum atomic E-state index is -4.81. The summed E-state index contributed by atoms with van der Waals surface area (Å²) in [5.74, 6) is -0.0407. The number of ether oxygens (including phenoxy) is 1. The Bertz CT molecular complexity index is 1070. The van der Waals surface area contributed by atoms with Gasteiger partial charge in [-0.1, -0.05) is 30.3 Å². The van der Waals surface area contributed by atoms with Gasteiger partial charge in [0.1, 0.15) is 12.4 Å². The second kappa shape index (κ2) is 9.01. The normalized spacial score (nSPS) is 14.1. The van der Waals surface area contributed by atoms with Crippen molar-refractivity contribution in [3.63, 3.8) is 0 Å². The summed E-state index contributed by atoms with van der Waals surface area (Å²) in [7, 11) is 0. The number of aliphatic hydroxyl groups is 2. The van der Waals surface area contributed by atoms with Crippen LogP contribution in [0.3, 0.4) is 0 Å². The highest BCUT2D eigenvalue weighted by Crippen LogP contribution is 2.27. The van der Waals surface area contributed by atoms with Crippen LogP contribution in [0.5, 0.6) is 5.88 Å². The van der Waals surface area contributed by atoms with Crippen LogP contribution >= 0.6 is 0 Å². The van der Waals surface area contributed by atoms with Crippen molar-refractivity contribution in [1.82, 2.24) is 20.5 Å². The first kappa shape index (κ1) is 23.3. The molecule has 172 valence electrons. The molecule has 2 atom stereocenters. The molecular weight excluding hydrogens is 431 g/mol. The number of H-pyrrole nitrogens is 1. The molecule has 2 heterocycles. The number of hydrogen-bond acceptors (Lipinski definition) is 6. The number of fused-ring (bicyclic) bond motifs is 1. The van der Waals surface area contributed by atoms with Gasteiger partial charge in [0.05, 0.1) is 22.5 Å². The van der Waals surface area contributed by atoms with Crippen molar-refractivity contribution in [3.8, 4) is 5.88 Å². The third-order valence-corrected chi connectivity index (χ3v) is 4.52. The number of anilines is 1. The SMILES string of the molecule is CC(C)(O)C(NC(=O)Nc1cc2[nH]nc(OCC(O)C(F)(F)F)c2cn1)c1ccccc1. The molecule has 2 unspecified atom stereocenters. The average Bonchev–Trinajstić information content (AvgIpc) is 3.11. The fourth-order valence-electron chi connectivity index (χ4n) is 2.92. The Morgan fingerprint density at radius 2 is 1.94 bits per heavy atom. The van der Waals surface area contributed by atoms with E-state index in [-0.39, 0.29) is 17.1 Å². The first-order valence-electron chi connectivity index (χ1n) is 9.51. The fraction of sp³-hybridized carbons (Fsp3) is 0.350. The van der Waals surface area contributed by atoms with Crippen LogP contribution in [0.1, 0.15) is 25.5 Å². The van der Waals surface area contributed by atoms with Gasteiger partial charge in [0.25, 0.3) is 0 Å². The number of aliphatic hydroxyl groups excluding tert-OH is 1. The number of rotatable bonds is 7. The van der Waals surface area contributed by atoms with E-state index in [0.717, 1.165) is 0 Å². The molecule has 1 aromatic carbocycles. The first-order valence-corrected chi connectivity index (χ1v) is 9.51. The zero-order valence-corrected chi connectivity index (χ0v) is 17.1. The highest BCUT2D eigenvalue weighted by atomic mass is 19.4. The number of pyridine rings is 1. The minimum absolute atomic E-state index is 0.128. The van der Waals surface area contributed by atoms with Crippen molar-refractivity contribution in [2.24, 2.45) is 0 Å². The molecule has 3 aromatic rings. The molecule has 0 radical (unpaired) electrons. The number of nitrogens with one attached hydrogen (secondary N) is 3. The Balaban J connectivity index is 1.69. The van der Waals surface area contributed by atoms with Gasteiger partial charge in [-0.05, 0) is 19.4 Å². The van der Waals surface area contributed by atoms with Gasteiger partial charge in [0.2, 0.25) is 5.88 Å². The topological polar surface area (TPSA) is 132 Å². The van der Waals surface area contributed by atoms with Crippen molar-refractivity contribution in [3.05, 3.63) is 48.2 Å². The number of urea groups is 1. The van der Waals surface area contributed by atoms with Gasteiger partial charge in [-0.2, -0.15) is 13.2 Å². The van der Waals surface area contributed by atoms with Crippen LogP contribution in [0.2, 0.25) is 0 Å². The lowest BCUT2D eigenvalue weighted by Gasteiger charge is -2.30. The molecule has 0 aliphatic rings. The van der Waals surface area contributed by atoms with Crippen molar-refractivity contribution >= 4 is 22.8 Å². The third-order valence-electron chi connectivity index (χ3n) is 4.52. The maximum Gasteiger partial charge on any atom is 0.417 e. The molecule has 0 aliphatic heterocycles. The first-order chi connectivity index (χ1) is 14.9. The van der Waals surface area contributed by atoms with E-state index in [1.54, 1.807) is 38.1 Å². The number of nitrogens with zero attached hydrogens (tertiary/aromatic N) is 2. The van der Waals surface area contributed by atoms with Gasteiger partial charge in [-0.3, -0.25) is 10.4 Å². The van der Waals surface area contributed by atoms with E-state index < -0.39 is 36.6 Å². The van der Waals surface area contributed by atoms with Crippen LogP contribution in [0, 0.1) is 0 Å². The lowest BCUT2D eigenvalue weighted by Crippen LogP contribution is -2.43. The third kappa shape index (κ3) is 5.65. The zero-order valence-electron chi connectivity index (χ0n) is 17.1. The van der Waals surface area contributed by atoms with Crippen LogP contribution in [0.4, 0.5) is 23.8 Å². The van der Waals surface area contributed by atoms with E-state index in [4.69, 9.17) is 9.84 Å². The molecule has 9 nitrogen and oxygen atoms in total. The number of hydrogen-bond donors (Lipinski definition) is 5. The highest BCUT2D eigenvalue weighted by Gasteiger charge is 2.39. The summed E-state index contributed by atoms with van der Waals surface area (Å²) in [6.07, 6.45) is -6.20. The second-order valence-corrected chi connectivity index (χ2v) is 7.61. The summed E-state index contributed by atoms with van der Waals surface area (Å²) in [5, 5.41) is 31.3. The Labute approximate surface area is 180 Å². The van der Waals surface area contributed by atoms with E-state index in [1.165, 1.54) is 12.3 Å². The Hall–Kier alpha value is -3.38. The van der Waals surface area contributed by atoms with Crippen LogP contribution in [0.25, 0.3) is 10.9 Å². The molecule has 5 N–H and O–H groups in total. The maximum absolute atomic E-state index is 12.5. The molecular formula is C20H22F3N5O4. The second-order valence-electron chi connectivity index (χ2n) is 7.61. The summed E-state index contributed by atoms with van der Waals surface area (Å²) in [4.78, 5) is 16.5. The molecule has 0 aliphatic carbocycles. The monoisotopic (exact) mass is 453 g/mol. The Morgan fingerprint density at radius 1 is 1.25 bits per heavy atom. The number of amides is 2. The molecule has 0 bridgehead atoms. The lowest BCUT2D eigenvalue weighted by molar-refractivity contribution is -0.210. The quantitative estimate of drug-likeness (QED) is 0.374. The summed E-state index contributed by atoms with van der Waals surface area (Å²) in [6, 6.07) is 9.01. The Kier molecular flexibility index (Phi) is 6.55. The number of carbonyl (C=O) groups is 1. The molecule has 12 heteroatoms. The van der Waals surface area contributed by atoms with Gasteiger partial charge in [0.15, 0.2) is 6.10 Å². The average molecular weight is 453 g/mol. The molecule has 0 saturated heterocycles. The van der Waals surface area contributed by atoms with Gasteiger partial charge in [-0.25, -0.2) is 9.78 Å². The zero-order chi connectivity index (χ0) is 23.5. The molecule has 2 aromatic heterocycles. The molecule has 32 heavy (non-hydrogen) atoms. The number of carbonyl (C=O) groups excluding carboxylic acids is 1. The molecule has 3 rings (SSSR count). The van der Waals surface area contributed by atoms with Crippen LogP contribution in [0.15, 0.2) is 42.6 Å². The highest BCUT2D eigenvalue weighted by molar-refractivity contribution is 5.92. The van der Waals surface area contributed by atoms with Crippen molar-refractivity contribution in [2.45, 2.75) is 37.8 Å². The molecule has 2 amide bonds. The number of benzene rings is 1. The summed E-state index contributed by atoms with van der Waals surface area (Å²) in [6.45, 7) is 2.11. The Morgan fingerprint density at radius 3 is 2.56 bits per heavy atom. The van der Waals surface area contributed by atoms with Crippen molar-refractivity contribution in [1.29, 1.82) is 0 Å². The largest absolute Gasteiger partial charge is 0.473 e. The number of alkyl halides is 3. The van der Waals surface area contributed by atoms with E-state index in [2.05, 4.69) is 25.8 Å². The van der Waals surface area contributed by atoms with E-state index in [0.29, 0.717) is 11.1 Å². The van der Waals surface area contributed by atoms with Crippen molar-refractivity contribution in [2.75, 3.05) is 11.9 Å². The van der Waals surface area contributed by atoms with Gasteiger partial charge >= 0.3 is 12.2 Å². The smallest absolute Gasteiger partial charge is 0.417 e. The molecule has 0 saturated carbocycles. The minimum Gasteiger partial charge on any atom is -0.473 e. The number of aromatic nitrogens is 3. The van der Waals surface area contributed by atoms with Gasteiger partial charge < -0.3 is 20.3 Å². The molecule has 0 fully saturated rings. The predicted molar refractivity (Wildman–Crippen MR) is 109 cm³/mol. The van der Waals surface area contributed by atoms with Gasteiger partial charge in [0, 0.05) is 12.3 Å². The van der Waals surface area contributed by atoms with Crippen molar-refractivity contribution < 1.29 is 32.9 Å². The number of halogens is 3. The van der Waals surface area contributed by atoms with Crippen LogP contribution in [-0.4, -0.2) is 55.9 Å². The maximum atomic E-state index is 12.5. The van der Waals surface area contributed by atoms with E-state index in [9.17, 15) is 23.1 Å². The van der Waals surface area contributed by atoms with Crippen LogP contribution in [-0.2, 0) is 0 Å². The van der Waals surface area contributed by atoms with Crippen LogP contribution < -0.4 is 15.4 Å². The number of aromatic amines is 1. The lowest BCUT2D eigenvalue weighted by atomic mass is 9.92. The van der Waals surface area contributed by atoms with E-state index >= 15 is 0 Å². The van der Waals surface area contributed by atoms with E-state index in [1.807, 2.05) is 6.07 Å². The standard InChI is InChI=1S/C20H22F3N5O4/c1-19(2,31)16(11-6-4-3-5-7-11)26-18(30)25-15-8-13-12(9-24-15)17(28-27-13)32-10-14(29)20(21,22)23/h3-9,14,16,29,31H,10H2,1-2H3,(H,27,28)(H2,24,25,26,30). The van der Waals surface area contributed by atoms with Gasteiger partial charge in [-0.15, -0.1) is 5.10 Å². The molecule has 0 spiro atoms.